The molecule has 1 fully saturated rings. The van der Waals surface area contributed by atoms with Crippen molar-refractivity contribution < 1.29 is 8.42 Å². The highest BCUT2D eigenvalue weighted by atomic mass is 35.5. The van der Waals surface area contributed by atoms with Gasteiger partial charge in [-0.1, -0.05) is 60.7 Å². The second-order valence-corrected chi connectivity index (χ2v) is 8.80. The Labute approximate surface area is 171 Å². The molecular formula is C20H23ClN4O2S. The quantitative estimate of drug-likeness (QED) is 0.690. The number of sulfonamides is 1. The first-order chi connectivity index (χ1) is 13.0. The van der Waals surface area contributed by atoms with Crippen LogP contribution in [0.3, 0.4) is 0 Å². The summed E-state index contributed by atoms with van der Waals surface area (Å²) < 4.78 is 29.2. The summed E-state index contributed by atoms with van der Waals surface area (Å²) in [5, 5.41) is 4.22. The molecule has 1 aliphatic heterocycles. The van der Waals surface area contributed by atoms with Gasteiger partial charge in [0.05, 0.1) is 12.7 Å². The average molecular weight is 419 g/mol. The third-order valence-electron chi connectivity index (χ3n) is 4.99. The Balaban J connectivity index is 0.00000225. The molecule has 0 radical (unpaired) electrons. The van der Waals surface area contributed by atoms with Crippen molar-refractivity contribution in [1.82, 2.24) is 14.1 Å². The largest absolute Gasteiger partial charge is 0.326 e. The molecule has 0 saturated carbocycles. The second kappa shape index (κ2) is 8.45. The monoisotopic (exact) mass is 418 g/mol. The smallest absolute Gasteiger partial charge is 0.246 e. The summed E-state index contributed by atoms with van der Waals surface area (Å²) >= 11 is 0. The van der Waals surface area contributed by atoms with Crippen LogP contribution in [0.5, 0.6) is 0 Å². The molecule has 8 heteroatoms. The van der Waals surface area contributed by atoms with Gasteiger partial charge in [0.2, 0.25) is 10.0 Å². The number of halogens is 1. The number of benzene rings is 2. The maximum atomic E-state index is 13.0. The van der Waals surface area contributed by atoms with Crippen LogP contribution >= 0.6 is 12.4 Å². The number of hydrogen-bond acceptors (Lipinski definition) is 4. The van der Waals surface area contributed by atoms with Gasteiger partial charge in [0.1, 0.15) is 4.90 Å². The van der Waals surface area contributed by atoms with E-state index in [1.54, 1.807) is 10.9 Å². The van der Waals surface area contributed by atoms with Crippen molar-refractivity contribution in [3.05, 3.63) is 84.2 Å². The number of rotatable bonds is 5. The van der Waals surface area contributed by atoms with Crippen LogP contribution in [0.4, 0.5) is 0 Å². The van der Waals surface area contributed by atoms with Gasteiger partial charge >= 0.3 is 0 Å². The summed E-state index contributed by atoms with van der Waals surface area (Å²) in [6, 6.07) is 19.4. The van der Waals surface area contributed by atoms with Crippen molar-refractivity contribution in [3.63, 3.8) is 0 Å². The number of nitrogens with zero attached hydrogens (tertiary/aromatic N) is 3. The van der Waals surface area contributed by atoms with Crippen LogP contribution in [0, 0.1) is 0 Å². The normalized spacial score (nSPS) is 20.0. The minimum Gasteiger partial charge on any atom is -0.326 e. The first-order valence-electron chi connectivity index (χ1n) is 8.91. The van der Waals surface area contributed by atoms with Crippen molar-refractivity contribution in [2.75, 3.05) is 13.1 Å². The molecule has 2 aromatic carbocycles. The van der Waals surface area contributed by atoms with Crippen LogP contribution < -0.4 is 5.73 Å². The van der Waals surface area contributed by atoms with Crippen molar-refractivity contribution in [3.8, 4) is 0 Å². The van der Waals surface area contributed by atoms with Gasteiger partial charge in [0.25, 0.3) is 0 Å². The Morgan fingerprint density at radius 1 is 1.00 bits per heavy atom. The molecule has 1 saturated heterocycles. The maximum Gasteiger partial charge on any atom is 0.246 e. The molecule has 1 aromatic heterocycles. The molecule has 2 heterocycles. The summed E-state index contributed by atoms with van der Waals surface area (Å²) in [7, 11) is -3.61. The van der Waals surface area contributed by atoms with E-state index in [1.165, 1.54) is 10.5 Å². The number of aromatic nitrogens is 2. The molecule has 2 N–H and O–H groups in total. The first kappa shape index (κ1) is 20.5. The highest BCUT2D eigenvalue weighted by molar-refractivity contribution is 7.89. The Bertz CT molecular complexity index is 1010. The van der Waals surface area contributed by atoms with Gasteiger partial charge in [-0.2, -0.15) is 9.40 Å². The van der Waals surface area contributed by atoms with Crippen molar-refractivity contribution in [1.29, 1.82) is 0 Å². The highest BCUT2D eigenvalue weighted by Crippen LogP contribution is 2.30. The van der Waals surface area contributed by atoms with Crippen LogP contribution in [-0.4, -0.2) is 41.6 Å². The lowest BCUT2D eigenvalue weighted by Crippen LogP contribution is -2.32. The van der Waals surface area contributed by atoms with E-state index in [4.69, 9.17) is 5.73 Å². The van der Waals surface area contributed by atoms with Gasteiger partial charge < -0.3 is 5.73 Å². The van der Waals surface area contributed by atoms with Gasteiger partial charge in [0.15, 0.2) is 0 Å². The van der Waals surface area contributed by atoms with E-state index >= 15 is 0 Å². The average Bonchev–Trinajstić information content (AvgIpc) is 3.31. The summed E-state index contributed by atoms with van der Waals surface area (Å²) in [5.41, 5.74) is 8.39. The minimum atomic E-state index is -3.61. The fourth-order valence-electron chi connectivity index (χ4n) is 3.52. The van der Waals surface area contributed by atoms with Crippen molar-refractivity contribution in [2.24, 2.45) is 5.73 Å². The van der Waals surface area contributed by atoms with E-state index < -0.39 is 10.0 Å². The molecule has 0 aliphatic carbocycles. The predicted molar refractivity (Wildman–Crippen MR) is 111 cm³/mol. The predicted octanol–water partition coefficient (Wildman–Crippen LogP) is 2.47. The molecule has 0 amide bonds. The van der Waals surface area contributed by atoms with Gasteiger partial charge in [-0.05, 0) is 11.1 Å². The molecule has 148 valence electrons. The zero-order chi connectivity index (χ0) is 18.9. The third-order valence-corrected chi connectivity index (χ3v) is 6.78. The Kier molecular flexibility index (Phi) is 6.20. The zero-order valence-electron chi connectivity index (χ0n) is 15.3. The van der Waals surface area contributed by atoms with Gasteiger partial charge in [-0.15, -0.1) is 12.4 Å². The molecule has 28 heavy (non-hydrogen) atoms. The number of nitrogens with two attached hydrogens (primary N) is 1. The van der Waals surface area contributed by atoms with Crippen LogP contribution in [-0.2, 0) is 16.6 Å². The van der Waals surface area contributed by atoms with Crippen molar-refractivity contribution >= 4 is 22.4 Å². The second-order valence-electron chi connectivity index (χ2n) is 6.86. The summed E-state index contributed by atoms with van der Waals surface area (Å²) in [5.74, 6) is 0.000314. The summed E-state index contributed by atoms with van der Waals surface area (Å²) in [6.07, 6.45) is 3.00. The van der Waals surface area contributed by atoms with Gasteiger partial charge in [0, 0.05) is 31.2 Å². The molecule has 3 aromatic rings. The Hall–Kier alpha value is -2.19. The molecule has 0 bridgehead atoms. The van der Waals surface area contributed by atoms with E-state index in [1.807, 2.05) is 60.7 Å². The van der Waals surface area contributed by atoms with E-state index in [-0.39, 0.29) is 29.3 Å². The van der Waals surface area contributed by atoms with Crippen molar-refractivity contribution in [2.45, 2.75) is 23.4 Å². The molecule has 1 aliphatic rings. The van der Waals surface area contributed by atoms with E-state index in [0.29, 0.717) is 19.6 Å². The third kappa shape index (κ3) is 4.12. The molecular weight excluding hydrogens is 396 g/mol. The number of hydrogen-bond donors (Lipinski definition) is 1. The molecule has 6 nitrogen and oxygen atoms in total. The maximum absolute atomic E-state index is 13.0. The molecule has 0 spiro atoms. The zero-order valence-corrected chi connectivity index (χ0v) is 16.9. The topological polar surface area (TPSA) is 81.2 Å². The lowest BCUT2D eigenvalue weighted by Gasteiger charge is -2.15. The fourth-order valence-corrected chi connectivity index (χ4v) is 4.98. The standard InChI is InChI=1S/C20H22N4O2S.ClH/c21-20-15-24(14-19(20)17-9-5-2-6-10-17)27(25,26)18-11-22-23(13-18)12-16-7-3-1-4-8-16;/h1-11,13,19-20H,12,14-15,21H2;1H/t19-,20+;/m0./s1. The van der Waals surface area contributed by atoms with Crippen LogP contribution in [0.25, 0.3) is 0 Å². The van der Waals surface area contributed by atoms with Crippen LogP contribution in [0.15, 0.2) is 78.0 Å². The fraction of sp³-hybridized carbons (Fsp3) is 0.250. The van der Waals surface area contributed by atoms with Gasteiger partial charge in [-0.3, -0.25) is 4.68 Å². The van der Waals surface area contributed by atoms with Crippen LogP contribution in [0.2, 0.25) is 0 Å². The Morgan fingerprint density at radius 2 is 1.64 bits per heavy atom. The summed E-state index contributed by atoms with van der Waals surface area (Å²) in [6.45, 7) is 1.23. The van der Waals surface area contributed by atoms with E-state index in [9.17, 15) is 8.42 Å². The van der Waals surface area contributed by atoms with E-state index in [0.717, 1.165) is 11.1 Å². The minimum absolute atomic E-state index is 0. The lowest BCUT2D eigenvalue weighted by molar-refractivity contribution is 0.470. The lowest BCUT2D eigenvalue weighted by atomic mass is 9.95. The van der Waals surface area contributed by atoms with E-state index in [2.05, 4.69) is 5.10 Å². The first-order valence-corrected chi connectivity index (χ1v) is 10.3. The molecule has 4 rings (SSSR count). The highest BCUT2D eigenvalue weighted by Gasteiger charge is 2.38. The van der Waals surface area contributed by atoms with Crippen LogP contribution in [0.1, 0.15) is 17.0 Å². The van der Waals surface area contributed by atoms with Gasteiger partial charge in [-0.25, -0.2) is 8.42 Å². The molecule has 2 atom stereocenters. The summed E-state index contributed by atoms with van der Waals surface area (Å²) in [4.78, 5) is 0.208. The molecule has 0 unspecified atom stereocenters. The Morgan fingerprint density at radius 3 is 2.32 bits per heavy atom. The SMILES string of the molecule is Cl.N[C@@H]1CN(S(=O)(=O)c2cnn(Cc3ccccc3)c2)C[C@H]1c1ccccc1.